The normalized spacial score (nSPS) is 23.4. The van der Waals surface area contributed by atoms with Crippen LogP contribution in [0.1, 0.15) is 11.8 Å². The lowest BCUT2D eigenvalue weighted by atomic mass is 10.1. The molecule has 0 bridgehead atoms. The molecule has 5 nitrogen and oxygen atoms in total. The van der Waals surface area contributed by atoms with Crippen LogP contribution in [-0.2, 0) is 0 Å². The van der Waals surface area contributed by atoms with E-state index in [-0.39, 0.29) is 5.92 Å². The topological polar surface area (TPSA) is 72.0 Å². The largest absolute Gasteiger partial charge is 0.391 e. The van der Waals surface area contributed by atoms with Gasteiger partial charge in [0.15, 0.2) is 0 Å². The maximum Gasteiger partial charge on any atom is 0.233 e. The zero-order valence-corrected chi connectivity index (χ0v) is 10.1. The summed E-state index contributed by atoms with van der Waals surface area (Å²) < 4.78 is 17.9. The van der Waals surface area contributed by atoms with Crippen LogP contribution >= 0.6 is 11.8 Å². The van der Waals surface area contributed by atoms with E-state index >= 15 is 0 Å². The smallest absolute Gasteiger partial charge is 0.233 e. The lowest BCUT2D eigenvalue weighted by Crippen LogP contribution is -2.15. The Labute approximate surface area is 106 Å². The highest BCUT2D eigenvalue weighted by atomic mass is 32.2. The molecule has 3 heterocycles. The molecule has 18 heavy (non-hydrogen) atoms. The van der Waals surface area contributed by atoms with E-state index < -0.39 is 11.9 Å². The van der Waals surface area contributed by atoms with Crippen molar-refractivity contribution in [2.45, 2.75) is 12.0 Å². The van der Waals surface area contributed by atoms with Crippen LogP contribution in [0.4, 0.5) is 4.39 Å². The van der Waals surface area contributed by atoms with Crippen LogP contribution in [0.5, 0.6) is 0 Å². The molecular weight excluding hydrogens is 257 g/mol. The second-order valence-electron chi connectivity index (χ2n) is 4.03. The van der Waals surface area contributed by atoms with Crippen molar-refractivity contribution in [3.8, 4) is 11.5 Å². The molecule has 0 aromatic carbocycles. The first-order valence-corrected chi connectivity index (χ1v) is 6.61. The Morgan fingerprint density at radius 3 is 2.94 bits per heavy atom. The summed E-state index contributed by atoms with van der Waals surface area (Å²) in [6.07, 6.45) is 0.649. The average molecular weight is 267 g/mol. The van der Waals surface area contributed by atoms with Crippen LogP contribution in [0.2, 0.25) is 0 Å². The first-order valence-electron chi connectivity index (χ1n) is 5.45. The molecule has 0 aliphatic carbocycles. The number of hydrogen-bond acceptors (Lipinski definition) is 6. The summed E-state index contributed by atoms with van der Waals surface area (Å²) in [5, 5.41) is 13.5. The van der Waals surface area contributed by atoms with E-state index in [1.54, 1.807) is 11.8 Å². The van der Waals surface area contributed by atoms with Gasteiger partial charge in [-0.3, -0.25) is 0 Å². The molecule has 1 saturated heterocycles. The number of aliphatic hydroxyl groups is 1. The highest BCUT2D eigenvalue weighted by molar-refractivity contribution is 7.99. The molecule has 94 valence electrons. The predicted molar refractivity (Wildman–Crippen MR) is 63.6 cm³/mol. The van der Waals surface area contributed by atoms with E-state index in [0.717, 1.165) is 11.9 Å². The molecule has 2 unspecified atom stereocenters. The zero-order valence-electron chi connectivity index (χ0n) is 9.28. The predicted octanol–water partition coefficient (Wildman–Crippen LogP) is 1.46. The number of thioether (sulfide) groups is 1. The summed E-state index contributed by atoms with van der Waals surface area (Å²) in [7, 11) is 0. The first kappa shape index (κ1) is 11.6. The number of hydrogen-bond donors (Lipinski definition) is 1. The Kier molecular flexibility index (Phi) is 3.00. The summed E-state index contributed by atoms with van der Waals surface area (Å²) >= 11 is 1.65. The van der Waals surface area contributed by atoms with Gasteiger partial charge in [0.1, 0.15) is 11.5 Å². The minimum Gasteiger partial charge on any atom is -0.391 e. The number of nitrogens with zero attached hydrogens (tertiary/aromatic N) is 3. The summed E-state index contributed by atoms with van der Waals surface area (Å²) in [5.41, 5.74) is 0.450. The highest BCUT2D eigenvalue weighted by Gasteiger charge is 2.32. The fraction of sp³-hybridized carbons (Fsp3) is 0.364. The lowest BCUT2D eigenvalue weighted by Gasteiger charge is -2.06. The van der Waals surface area contributed by atoms with Crippen molar-refractivity contribution in [2.75, 3.05) is 11.5 Å². The number of aliphatic hydroxyl groups excluding tert-OH is 1. The van der Waals surface area contributed by atoms with Crippen LogP contribution in [0, 0.1) is 5.82 Å². The van der Waals surface area contributed by atoms with Gasteiger partial charge in [0, 0.05) is 11.5 Å². The van der Waals surface area contributed by atoms with Crippen molar-refractivity contribution >= 4 is 11.8 Å². The molecule has 2 aromatic rings. The van der Waals surface area contributed by atoms with Gasteiger partial charge in [0.05, 0.1) is 18.2 Å². The fourth-order valence-electron chi connectivity index (χ4n) is 1.78. The minimum absolute atomic E-state index is 0.128. The summed E-state index contributed by atoms with van der Waals surface area (Å²) in [6.45, 7) is 0. The van der Waals surface area contributed by atoms with Crippen molar-refractivity contribution in [2.24, 2.45) is 0 Å². The van der Waals surface area contributed by atoms with Gasteiger partial charge in [-0.2, -0.15) is 16.7 Å². The molecule has 0 radical (unpaired) electrons. The minimum atomic E-state index is -0.454. The molecule has 2 aromatic heterocycles. The molecule has 0 spiro atoms. The van der Waals surface area contributed by atoms with Gasteiger partial charge in [0.2, 0.25) is 11.7 Å². The van der Waals surface area contributed by atoms with E-state index in [1.807, 2.05) is 0 Å². The van der Waals surface area contributed by atoms with Crippen LogP contribution in [0.15, 0.2) is 22.9 Å². The fourth-order valence-corrected chi connectivity index (χ4v) is 3.01. The number of pyridine rings is 1. The third-order valence-electron chi connectivity index (χ3n) is 2.77. The Hall–Kier alpha value is -1.47. The van der Waals surface area contributed by atoms with Crippen molar-refractivity contribution in [1.82, 2.24) is 15.1 Å². The summed E-state index contributed by atoms with van der Waals surface area (Å²) in [5.74, 6) is 1.63. The van der Waals surface area contributed by atoms with E-state index in [9.17, 15) is 9.50 Å². The SMILES string of the molecule is OC1CSCC1c1nc(-c2ccc(F)cn2)no1. The Morgan fingerprint density at radius 2 is 2.28 bits per heavy atom. The number of aromatic nitrogens is 3. The molecular formula is C11H10FN3O2S. The molecule has 7 heteroatoms. The first-order chi connectivity index (χ1) is 8.74. The van der Waals surface area contributed by atoms with Crippen LogP contribution < -0.4 is 0 Å². The standard InChI is InChI=1S/C11H10FN3O2S/c12-6-1-2-8(13-3-6)10-14-11(17-15-10)7-4-18-5-9(7)16/h1-3,7,9,16H,4-5H2. The second kappa shape index (κ2) is 4.66. The van der Waals surface area contributed by atoms with E-state index in [4.69, 9.17) is 4.52 Å². The molecule has 0 saturated carbocycles. The number of rotatable bonds is 2. The van der Waals surface area contributed by atoms with Crippen molar-refractivity contribution in [3.05, 3.63) is 30.0 Å². The monoisotopic (exact) mass is 267 g/mol. The van der Waals surface area contributed by atoms with E-state index in [2.05, 4.69) is 15.1 Å². The Bertz CT molecular complexity index is 545. The third-order valence-corrected chi connectivity index (χ3v) is 3.94. The van der Waals surface area contributed by atoms with Crippen LogP contribution in [0.3, 0.4) is 0 Å². The van der Waals surface area contributed by atoms with E-state index in [0.29, 0.717) is 23.2 Å². The Morgan fingerprint density at radius 1 is 1.39 bits per heavy atom. The maximum absolute atomic E-state index is 12.7. The van der Waals surface area contributed by atoms with Gasteiger partial charge in [-0.1, -0.05) is 5.16 Å². The number of halogens is 1. The van der Waals surface area contributed by atoms with Gasteiger partial charge in [0.25, 0.3) is 0 Å². The van der Waals surface area contributed by atoms with Crippen molar-refractivity contribution < 1.29 is 14.0 Å². The zero-order chi connectivity index (χ0) is 12.5. The quantitative estimate of drug-likeness (QED) is 0.888. The average Bonchev–Trinajstić information content (AvgIpc) is 2.98. The highest BCUT2D eigenvalue weighted by Crippen LogP contribution is 2.32. The third kappa shape index (κ3) is 2.11. The molecule has 3 rings (SSSR count). The van der Waals surface area contributed by atoms with E-state index in [1.165, 1.54) is 12.1 Å². The molecule has 1 aliphatic heterocycles. The second-order valence-corrected chi connectivity index (χ2v) is 5.10. The van der Waals surface area contributed by atoms with Crippen LogP contribution in [-0.4, -0.2) is 37.8 Å². The van der Waals surface area contributed by atoms with Crippen LogP contribution in [0.25, 0.3) is 11.5 Å². The molecule has 0 amide bonds. The van der Waals surface area contributed by atoms with Gasteiger partial charge in [-0.05, 0) is 12.1 Å². The van der Waals surface area contributed by atoms with Gasteiger partial charge in [-0.15, -0.1) is 0 Å². The van der Waals surface area contributed by atoms with Gasteiger partial charge < -0.3 is 9.63 Å². The molecule has 1 aliphatic rings. The van der Waals surface area contributed by atoms with Crippen molar-refractivity contribution in [1.29, 1.82) is 0 Å². The lowest BCUT2D eigenvalue weighted by molar-refractivity contribution is 0.164. The molecule has 1 N–H and O–H groups in total. The van der Waals surface area contributed by atoms with Gasteiger partial charge >= 0.3 is 0 Å². The molecule has 2 atom stereocenters. The summed E-state index contributed by atoms with van der Waals surface area (Å²) in [4.78, 5) is 8.09. The molecule has 1 fully saturated rings. The van der Waals surface area contributed by atoms with Crippen molar-refractivity contribution in [3.63, 3.8) is 0 Å². The Balaban J connectivity index is 1.87. The maximum atomic E-state index is 12.7. The van der Waals surface area contributed by atoms with Gasteiger partial charge in [-0.25, -0.2) is 9.37 Å². The summed E-state index contributed by atoms with van der Waals surface area (Å²) in [6, 6.07) is 2.78.